The van der Waals surface area contributed by atoms with Crippen molar-refractivity contribution in [1.82, 2.24) is 15.3 Å². The van der Waals surface area contributed by atoms with E-state index >= 15 is 0 Å². The minimum atomic E-state index is -1.00. The molecule has 0 aliphatic heterocycles. The minimum absolute atomic E-state index is 0.00603. The Morgan fingerprint density at radius 2 is 1.53 bits per heavy atom. The number of unbranched alkanes of at least 4 members (excludes halogenated alkanes) is 1. The predicted molar refractivity (Wildman–Crippen MR) is 225 cm³/mol. The number of esters is 2. The summed E-state index contributed by atoms with van der Waals surface area (Å²) in [6, 6.07) is 17.8. The number of benzene rings is 2. The normalized spacial score (nSPS) is 11.8. The number of carbonyl (C=O) groups is 3. The summed E-state index contributed by atoms with van der Waals surface area (Å²) in [5.74, 6) is 0.235. The van der Waals surface area contributed by atoms with Gasteiger partial charge < -0.3 is 29.6 Å². The fourth-order valence-electron chi connectivity index (χ4n) is 5.42. The van der Waals surface area contributed by atoms with Crippen LogP contribution in [0.5, 0.6) is 5.75 Å². The van der Waals surface area contributed by atoms with Crippen LogP contribution in [0.1, 0.15) is 84.0 Å². The first-order valence-corrected chi connectivity index (χ1v) is 20.7. The molecule has 0 spiro atoms. The molecule has 0 radical (unpaired) electrons. The van der Waals surface area contributed by atoms with Crippen LogP contribution in [0.15, 0.2) is 58.9 Å². The molecule has 0 unspecified atom stereocenters. The van der Waals surface area contributed by atoms with Crippen LogP contribution in [0.2, 0.25) is 5.02 Å². The van der Waals surface area contributed by atoms with Crippen molar-refractivity contribution in [2.75, 3.05) is 25.6 Å². The number of pyridine rings is 1. The van der Waals surface area contributed by atoms with Crippen molar-refractivity contribution in [3.63, 3.8) is 0 Å². The summed E-state index contributed by atoms with van der Waals surface area (Å²) in [5.41, 5.74) is 1.92. The Morgan fingerprint density at radius 3 is 2.16 bits per heavy atom. The third-order valence-corrected chi connectivity index (χ3v) is 10.1. The molecule has 58 heavy (non-hydrogen) atoms. The number of ether oxygens (including phenoxy) is 4. The summed E-state index contributed by atoms with van der Waals surface area (Å²) in [5, 5.41) is 30.0. The zero-order chi connectivity index (χ0) is 42.5. The molecule has 0 saturated carbocycles. The molecule has 2 aromatic carbocycles. The number of aromatic nitrogens is 2. The van der Waals surface area contributed by atoms with Crippen LogP contribution in [0, 0.1) is 22.7 Å². The van der Waals surface area contributed by atoms with Gasteiger partial charge in [0.15, 0.2) is 0 Å². The van der Waals surface area contributed by atoms with E-state index in [0.717, 1.165) is 16.3 Å². The Labute approximate surface area is 352 Å². The van der Waals surface area contributed by atoms with Gasteiger partial charge in [0.2, 0.25) is 0 Å². The molecule has 4 aromatic rings. The van der Waals surface area contributed by atoms with Gasteiger partial charge in [-0.1, -0.05) is 54.0 Å². The van der Waals surface area contributed by atoms with Crippen molar-refractivity contribution in [1.29, 1.82) is 10.5 Å². The number of anilines is 1. The molecule has 0 fully saturated rings. The van der Waals surface area contributed by atoms with Gasteiger partial charge in [-0.2, -0.15) is 10.5 Å². The van der Waals surface area contributed by atoms with Gasteiger partial charge in [-0.3, -0.25) is 4.79 Å². The Hall–Kier alpha value is -5.35. The molecule has 306 valence electrons. The highest BCUT2D eigenvalue weighted by Crippen LogP contribution is 2.38. The van der Waals surface area contributed by atoms with Gasteiger partial charge in [0.1, 0.15) is 69.8 Å². The fourth-order valence-corrected chi connectivity index (χ4v) is 7.36. The van der Waals surface area contributed by atoms with E-state index < -0.39 is 29.3 Å². The number of thioether (sulfide) groups is 1. The van der Waals surface area contributed by atoms with Crippen LogP contribution in [-0.4, -0.2) is 65.5 Å². The van der Waals surface area contributed by atoms with Gasteiger partial charge in [-0.25, -0.2) is 19.6 Å². The van der Waals surface area contributed by atoms with Gasteiger partial charge in [0.25, 0.3) is 0 Å². The zero-order valence-corrected chi connectivity index (χ0v) is 36.0. The molecule has 4 rings (SSSR count). The number of nitrogens with one attached hydrogen (secondary N) is 2. The van der Waals surface area contributed by atoms with E-state index in [1.54, 1.807) is 72.9 Å². The molecule has 0 aliphatic carbocycles. The largest absolute Gasteiger partial charge is 0.490 e. The topological polar surface area (TPSA) is 186 Å². The first kappa shape index (κ1) is 45.4. The maximum atomic E-state index is 13.1. The van der Waals surface area contributed by atoms with E-state index in [1.165, 1.54) is 23.1 Å². The first-order valence-electron chi connectivity index (χ1n) is 18.5. The number of halogens is 1. The number of amides is 1. The molecule has 0 bridgehead atoms. The number of nitriles is 2. The summed E-state index contributed by atoms with van der Waals surface area (Å²) in [6.07, 6.45) is 0.534. The van der Waals surface area contributed by atoms with E-state index in [1.807, 2.05) is 29.6 Å². The van der Waals surface area contributed by atoms with Crippen molar-refractivity contribution in [2.24, 2.45) is 0 Å². The van der Waals surface area contributed by atoms with Crippen LogP contribution in [0.3, 0.4) is 0 Å². The smallest absolute Gasteiger partial charge is 0.408 e. The highest BCUT2D eigenvalue weighted by atomic mass is 35.5. The van der Waals surface area contributed by atoms with Gasteiger partial charge in [0, 0.05) is 40.8 Å². The summed E-state index contributed by atoms with van der Waals surface area (Å²) < 4.78 is 22.0. The second kappa shape index (κ2) is 20.9. The van der Waals surface area contributed by atoms with Gasteiger partial charge in [0.05, 0.1) is 11.3 Å². The molecule has 2 N–H and O–H groups in total. The molecular formula is C42H47ClN6O7S2. The average molecular weight is 847 g/mol. The number of carbonyl (C=O) groups excluding carboxylic acids is 3. The number of rotatable bonds is 17. The Kier molecular flexibility index (Phi) is 16.3. The van der Waals surface area contributed by atoms with E-state index in [2.05, 4.69) is 27.8 Å². The van der Waals surface area contributed by atoms with Crippen molar-refractivity contribution in [3.8, 4) is 39.6 Å². The lowest BCUT2D eigenvalue weighted by Gasteiger charge is -2.23. The lowest BCUT2D eigenvalue weighted by Crippen LogP contribution is -2.44. The summed E-state index contributed by atoms with van der Waals surface area (Å²) >= 11 is 8.90. The number of hydrogen-bond donors (Lipinski definition) is 2. The predicted octanol–water partition coefficient (Wildman–Crippen LogP) is 9.32. The summed E-state index contributed by atoms with van der Waals surface area (Å²) in [6.45, 7) is 10.4. The Morgan fingerprint density at radius 1 is 0.879 bits per heavy atom. The first-order chi connectivity index (χ1) is 27.5. The highest BCUT2D eigenvalue weighted by molar-refractivity contribution is 7.98. The maximum absolute atomic E-state index is 13.1. The van der Waals surface area contributed by atoms with Gasteiger partial charge >= 0.3 is 18.0 Å². The minimum Gasteiger partial charge on any atom is -0.490 e. The maximum Gasteiger partial charge on any atom is 0.408 e. The lowest BCUT2D eigenvalue weighted by molar-refractivity contribution is -0.154. The van der Waals surface area contributed by atoms with Crippen LogP contribution < -0.4 is 15.4 Å². The fraction of sp³-hybridized carbons (Fsp3) is 0.405. The lowest BCUT2D eigenvalue weighted by atomic mass is 9.96. The third-order valence-electron chi connectivity index (χ3n) is 7.88. The molecule has 0 saturated heterocycles. The Balaban J connectivity index is 1.39. The molecule has 1 amide bonds. The van der Waals surface area contributed by atoms with Gasteiger partial charge in [-0.15, -0.1) is 11.3 Å². The number of hydrogen-bond acceptors (Lipinski definition) is 14. The monoisotopic (exact) mass is 846 g/mol. The molecule has 1 atom stereocenters. The molecular weight excluding hydrogens is 800 g/mol. The van der Waals surface area contributed by atoms with Gasteiger partial charge in [-0.05, 0) is 84.2 Å². The standard InChI is InChI=1S/C42H47ClN6O7S2/c1-41(2,3)55-34(50)11-9-8-10-33(48-40(52)56-42(4,5)6)39(51)54-21-20-53-30-18-14-26(15-19-30)35-31(22-44)36(46-7)49-38(32(35)23-45)58-25-29-24-57-37(47-29)27-12-16-28(43)17-13-27/h12-19,24,33H,8-11,20-21,25H2,1-7H3,(H,46,49)(H,48,52)/t33-/m1/s1. The molecule has 2 heterocycles. The van der Waals surface area contributed by atoms with Crippen molar-refractivity contribution < 1.29 is 33.3 Å². The molecule has 13 nitrogen and oxygen atoms in total. The summed E-state index contributed by atoms with van der Waals surface area (Å²) in [4.78, 5) is 47.0. The van der Waals surface area contributed by atoms with E-state index in [0.29, 0.717) is 51.3 Å². The number of nitrogens with zero attached hydrogens (tertiary/aromatic N) is 4. The molecule has 0 aliphatic rings. The number of alkyl carbamates (subject to hydrolysis) is 1. The average Bonchev–Trinajstić information content (AvgIpc) is 3.64. The van der Waals surface area contributed by atoms with E-state index in [-0.39, 0.29) is 43.2 Å². The highest BCUT2D eigenvalue weighted by Gasteiger charge is 2.26. The summed E-state index contributed by atoms with van der Waals surface area (Å²) in [7, 11) is 1.67. The second-order valence-corrected chi connectivity index (χ2v) is 17.1. The van der Waals surface area contributed by atoms with Crippen LogP contribution in [0.4, 0.5) is 10.6 Å². The zero-order valence-electron chi connectivity index (χ0n) is 33.6. The van der Waals surface area contributed by atoms with Crippen LogP contribution in [-0.2, 0) is 29.6 Å². The van der Waals surface area contributed by atoms with Crippen LogP contribution in [0.25, 0.3) is 21.7 Å². The van der Waals surface area contributed by atoms with Crippen LogP contribution >= 0.6 is 34.7 Å². The number of thiazole rings is 1. The SMILES string of the molecule is CNc1nc(SCc2csc(-c3ccc(Cl)cc3)n2)c(C#N)c(-c2ccc(OCCOC(=O)[C@@H](CCCCC(=O)OC(C)(C)C)NC(=O)OC(C)(C)C)cc2)c1C#N. The second-order valence-electron chi connectivity index (χ2n) is 14.9. The van der Waals surface area contributed by atoms with Crippen molar-refractivity contribution in [2.45, 2.75) is 95.2 Å². The quantitative estimate of drug-likeness (QED) is 0.0444. The third kappa shape index (κ3) is 13.9. The van der Waals surface area contributed by atoms with E-state index in [9.17, 15) is 24.9 Å². The van der Waals surface area contributed by atoms with E-state index in [4.69, 9.17) is 35.5 Å². The van der Waals surface area contributed by atoms with Crippen molar-refractivity contribution >= 4 is 58.5 Å². The molecule has 2 aromatic heterocycles. The van der Waals surface area contributed by atoms with Crippen molar-refractivity contribution in [3.05, 3.63) is 75.8 Å². The Bertz CT molecular complexity index is 2130. The molecule has 16 heteroatoms.